The zero-order valence-corrected chi connectivity index (χ0v) is 23.6. The van der Waals surface area contributed by atoms with E-state index in [1.807, 2.05) is 37.4 Å². The largest absolute Gasteiger partial charge is 1.00 e. The monoisotopic (exact) mass is 538 g/mol. The van der Waals surface area contributed by atoms with Crippen molar-refractivity contribution in [2.45, 2.75) is 62.8 Å². The number of hydrogen-bond acceptors (Lipinski definition) is 6. The normalized spacial score (nSPS) is 15.0. The number of sulfonamides is 1. The maximum atomic E-state index is 13.2. The molecule has 0 heterocycles. The molecule has 1 atom stereocenters. The van der Waals surface area contributed by atoms with Crippen LogP contribution in [0.25, 0.3) is 11.1 Å². The van der Waals surface area contributed by atoms with Gasteiger partial charge in [-0.15, -0.1) is 0 Å². The molecule has 0 spiro atoms. The quantitative estimate of drug-likeness (QED) is 0.381. The summed E-state index contributed by atoms with van der Waals surface area (Å²) in [6.07, 6.45) is 8.85. The fraction of sp³-hybridized carbons (Fsp3) is 0.481. The Hall–Kier alpha value is -1.76. The summed E-state index contributed by atoms with van der Waals surface area (Å²) >= 11 is 1.48. The maximum absolute atomic E-state index is 13.2. The van der Waals surface area contributed by atoms with Gasteiger partial charge in [0.2, 0.25) is 10.0 Å². The van der Waals surface area contributed by atoms with Crippen molar-refractivity contribution < 1.29 is 42.0 Å². The van der Waals surface area contributed by atoms with Crippen molar-refractivity contribution in [2.75, 3.05) is 18.6 Å². The molecule has 1 aliphatic carbocycles. The summed E-state index contributed by atoms with van der Waals surface area (Å²) in [5.41, 5.74) is 2.21. The molecule has 2 N–H and O–H groups in total. The number of carboxylic acid groups (broad SMARTS) is 1. The van der Waals surface area contributed by atoms with E-state index in [0.717, 1.165) is 24.8 Å². The molecule has 3 rings (SSSR count). The topological polar surface area (TPSA) is 115 Å². The van der Waals surface area contributed by atoms with E-state index in [0.29, 0.717) is 29.3 Å². The number of benzene rings is 2. The second kappa shape index (κ2) is 15.0. The smallest absolute Gasteiger partial charge is 0.548 e. The van der Waals surface area contributed by atoms with Crippen LogP contribution in [0.4, 0.5) is 0 Å². The van der Waals surface area contributed by atoms with Gasteiger partial charge in [0.15, 0.2) is 0 Å². The summed E-state index contributed by atoms with van der Waals surface area (Å²) in [5.74, 6) is -0.834. The maximum Gasteiger partial charge on any atom is 1.00 e. The molecular formula is C27H35LiN2O5S2. The van der Waals surface area contributed by atoms with E-state index in [9.17, 15) is 23.1 Å². The molecule has 2 aromatic rings. The number of amides is 1. The Morgan fingerprint density at radius 3 is 2.43 bits per heavy atom. The Labute approximate surface area is 236 Å². The van der Waals surface area contributed by atoms with Crippen LogP contribution in [0.2, 0.25) is 0 Å². The molecule has 0 aliphatic heterocycles. The minimum absolute atomic E-state index is 0. The average Bonchev–Trinajstić information content (AvgIpc) is 2.86. The molecule has 0 saturated heterocycles. The first-order valence-corrected chi connectivity index (χ1v) is 15.3. The molecule has 1 saturated carbocycles. The van der Waals surface area contributed by atoms with Gasteiger partial charge in [-0.3, -0.25) is 4.79 Å². The van der Waals surface area contributed by atoms with Gasteiger partial charge in [-0.2, -0.15) is 11.8 Å². The van der Waals surface area contributed by atoms with Gasteiger partial charge in [-0.1, -0.05) is 56.4 Å². The number of carbonyl (C=O) groups excluding carboxylic acids is 2. The van der Waals surface area contributed by atoms with Crippen LogP contribution in [-0.2, 0) is 14.8 Å². The summed E-state index contributed by atoms with van der Waals surface area (Å²) < 4.78 is 28.9. The summed E-state index contributed by atoms with van der Waals surface area (Å²) in [5, 5.41) is 14.1. The first-order valence-electron chi connectivity index (χ1n) is 12.4. The second-order valence-electron chi connectivity index (χ2n) is 9.34. The van der Waals surface area contributed by atoms with Gasteiger partial charge in [0, 0.05) is 12.1 Å². The Morgan fingerprint density at radius 2 is 1.78 bits per heavy atom. The van der Waals surface area contributed by atoms with Gasteiger partial charge in [0.25, 0.3) is 5.91 Å². The zero-order chi connectivity index (χ0) is 26.1. The molecule has 1 fully saturated rings. The molecule has 1 unspecified atom stereocenters. The van der Waals surface area contributed by atoms with Crippen LogP contribution >= 0.6 is 11.8 Å². The molecule has 7 nitrogen and oxygen atoms in total. The summed E-state index contributed by atoms with van der Waals surface area (Å²) in [7, 11) is -3.78. The van der Waals surface area contributed by atoms with Crippen molar-refractivity contribution in [1.82, 2.24) is 10.0 Å². The third kappa shape index (κ3) is 8.90. The Balaban J connectivity index is 0.00000481. The van der Waals surface area contributed by atoms with E-state index in [1.165, 1.54) is 49.2 Å². The van der Waals surface area contributed by atoms with Gasteiger partial charge in [-0.25, -0.2) is 13.1 Å². The van der Waals surface area contributed by atoms with Crippen molar-refractivity contribution in [3.05, 3.63) is 53.6 Å². The fourth-order valence-corrected chi connectivity index (χ4v) is 6.21. The van der Waals surface area contributed by atoms with E-state index in [1.54, 1.807) is 0 Å². The third-order valence-electron chi connectivity index (χ3n) is 6.75. The summed E-state index contributed by atoms with van der Waals surface area (Å²) in [4.78, 5) is 24.8. The molecule has 2 aromatic carbocycles. The van der Waals surface area contributed by atoms with Crippen LogP contribution < -0.4 is 34.0 Å². The minimum atomic E-state index is -3.78. The third-order valence-corrected chi connectivity index (χ3v) is 8.85. The first-order chi connectivity index (χ1) is 17.2. The first kappa shape index (κ1) is 31.5. The van der Waals surface area contributed by atoms with E-state index >= 15 is 0 Å². The van der Waals surface area contributed by atoms with Crippen molar-refractivity contribution in [2.24, 2.45) is 5.92 Å². The van der Waals surface area contributed by atoms with Crippen LogP contribution in [0.5, 0.6) is 0 Å². The molecule has 1 aliphatic rings. The van der Waals surface area contributed by atoms with Crippen LogP contribution in [0.1, 0.15) is 60.9 Å². The SMILES string of the molecule is CSCCC(NC(=O)c1ccc(S(=O)(=O)NCCC2CCCCC2)cc1-c1ccccc1C)C(=O)[O-].[Li+]. The Morgan fingerprint density at radius 1 is 1.08 bits per heavy atom. The standard InChI is InChI=1S/C27H36N2O5S2.Li/c1-19-8-6-7-11-22(19)24-18-21(36(33,34)28-16-14-20-9-4-3-5-10-20)12-13-23(24)26(30)29-25(27(31)32)15-17-35-2;/h6-8,11-13,18,20,25,28H,3-5,9-10,14-17H2,1-2H3,(H,29,30)(H,31,32);/q;+1/p-1. The number of carboxylic acids is 1. The number of carbonyl (C=O) groups is 2. The predicted molar refractivity (Wildman–Crippen MR) is 142 cm³/mol. The molecule has 0 bridgehead atoms. The van der Waals surface area contributed by atoms with Crippen LogP contribution in [0, 0.1) is 12.8 Å². The molecule has 1 amide bonds. The number of aryl methyl sites for hydroxylation is 1. The molecule has 37 heavy (non-hydrogen) atoms. The van der Waals surface area contributed by atoms with Crippen LogP contribution in [0.3, 0.4) is 0 Å². The van der Waals surface area contributed by atoms with E-state index < -0.39 is 27.9 Å². The van der Waals surface area contributed by atoms with Gasteiger partial charge in [-0.05, 0) is 72.6 Å². The fourth-order valence-electron chi connectivity index (χ4n) is 4.66. The van der Waals surface area contributed by atoms with Gasteiger partial charge < -0.3 is 15.2 Å². The van der Waals surface area contributed by atoms with E-state index in [2.05, 4.69) is 10.0 Å². The zero-order valence-electron chi connectivity index (χ0n) is 21.9. The Kier molecular flexibility index (Phi) is 12.7. The van der Waals surface area contributed by atoms with Crippen molar-refractivity contribution in [1.29, 1.82) is 0 Å². The second-order valence-corrected chi connectivity index (χ2v) is 12.1. The van der Waals surface area contributed by atoms with Crippen molar-refractivity contribution in [3.63, 3.8) is 0 Å². The number of hydrogen-bond donors (Lipinski definition) is 2. The number of rotatable bonds is 12. The van der Waals surface area contributed by atoms with Gasteiger partial charge >= 0.3 is 18.9 Å². The number of thioether (sulfide) groups is 1. The van der Waals surface area contributed by atoms with E-state index in [-0.39, 0.29) is 35.7 Å². The minimum Gasteiger partial charge on any atom is -0.548 e. The molecule has 10 heteroatoms. The predicted octanol–water partition coefficient (Wildman–Crippen LogP) is 0.516. The van der Waals surface area contributed by atoms with Gasteiger partial charge in [0.1, 0.15) is 0 Å². The summed E-state index contributed by atoms with van der Waals surface area (Å²) in [6, 6.07) is 10.6. The van der Waals surface area contributed by atoms with E-state index in [4.69, 9.17) is 0 Å². The van der Waals surface area contributed by atoms with Crippen molar-refractivity contribution in [3.8, 4) is 11.1 Å². The number of nitrogens with one attached hydrogen (secondary N) is 2. The van der Waals surface area contributed by atoms with Crippen LogP contribution in [-0.4, -0.2) is 44.9 Å². The molecule has 0 radical (unpaired) electrons. The van der Waals surface area contributed by atoms with Gasteiger partial charge in [0.05, 0.1) is 16.9 Å². The molecular weight excluding hydrogens is 503 g/mol. The average molecular weight is 539 g/mol. The molecule has 0 aromatic heterocycles. The molecule has 196 valence electrons. The Bertz CT molecular complexity index is 1170. The van der Waals surface area contributed by atoms with Crippen molar-refractivity contribution >= 4 is 33.7 Å². The van der Waals surface area contributed by atoms with Crippen LogP contribution in [0.15, 0.2) is 47.4 Å². The summed E-state index contributed by atoms with van der Waals surface area (Å²) in [6.45, 7) is 2.25. The number of aliphatic carboxylic acids is 1.